The molecule has 1 aliphatic heterocycles. The zero-order valence-electron chi connectivity index (χ0n) is 19.5. The number of hydrogen-bond donors (Lipinski definition) is 1. The van der Waals surface area contributed by atoms with E-state index >= 15 is 0 Å². The molecule has 0 spiro atoms. The Bertz CT molecular complexity index is 1240. The molecule has 1 aliphatic rings. The minimum Gasteiger partial charge on any atom is -0.497 e. The molecule has 0 aromatic heterocycles. The van der Waals surface area contributed by atoms with Gasteiger partial charge in [0.25, 0.3) is 0 Å². The molecular formula is C22H29N3O7S2. The van der Waals surface area contributed by atoms with Crippen molar-refractivity contribution in [2.24, 2.45) is 0 Å². The number of rotatable bonds is 9. The lowest BCUT2D eigenvalue weighted by Crippen LogP contribution is -2.45. The SMILES string of the molecule is COc1ccc(N([C@H](C)C(=O)Nc2cc(S(=O)(=O)N3CCCC3)ccc2OC)S(C)(=O)=O)cc1. The Labute approximate surface area is 200 Å². The van der Waals surface area contributed by atoms with Crippen LogP contribution in [0.3, 0.4) is 0 Å². The lowest BCUT2D eigenvalue weighted by atomic mass is 10.2. The van der Waals surface area contributed by atoms with E-state index in [1.54, 1.807) is 12.1 Å². The van der Waals surface area contributed by atoms with E-state index in [9.17, 15) is 21.6 Å². The van der Waals surface area contributed by atoms with Crippen LogP contribution in [0.5, 0.6) is 11.5 Å². The second-order valence-corrected chi connectivity index (χ2v) is 11.7. The van der Waals surface area contributed by atoms with Crippen molar-refractivity contribution in [3.05, 3.63) is 42.5 Å². The van der Waals surface area contributed by atoms with E-state index in [1.807, 2.05) is 0 Å². The molecule has 12 heteroatoms. The third kappa shape index (κ3) is 5.45. The van der Waals surface area contributed by atoms with Crippen molar-refractivity contribution in [1.82, 2.24) is 4.31 Å². The number of sulfonamides is 2. The third-order valence-electron chi connectivity index (χ3n) is 5.55. The molecule has 186 valence electrons. The van der Waals surface area contributed by atoms with Gasteiger partial charge in [-0.25, -0.2) is 16.8 Å². The molecule has 0 saturated carbocycles. The monoisotopic (exact) mass is 511 g/mol. The van der Waals surface area contributed by atoms with Gasteiger partial charge in [-0.15, -0.1) is 0 Å². The van der Waals surface area contributed by atoms with Crippen molar-refractivity contribution in [3.8, 4) is 11.5 Å². The second-order valence-electron chi connectivity index (χ2n) is 7.90. The Morgan fingerprint density at radius 1 is 1.00 bits per heavy atom. The number of anilines is 2. The number of methoxy groups -OCH3 is 2. The molecule has 0 unspecified atom stereocenters. The highest BCUT2D eigenvalue weighted by atomic mass is 32.2. The molecule has 1 saturated heterocycles. The summed E-state index contributed by atoms with van der Waals surface area (Å²) in [6.45, 7) is 2.33. The summed E-state index contributed by atoms with van der Waals surface area (Å²) in [7, 11) is -4.67. The van der Waals surface area contributed by atoms with E-state index in [0.29, 0.717) is 18.8 Å². The van der Waals surface area contributed by atoms with E-state index < -0.39 is 32.0 Å². The molecule has 34 heavy (non-hydrogen) atoms. The van der Waals surface area contributed by atoms with Gasteiger partial charge < -0.3 is 14.8 Å². The number of ether oxygens (including phenoxy) is 2. The van der Waals surface area contributed by atoms with Crippen molar-refractivity contribution in [3.63, 3.8) is 0 Å². The highest BCUT2D eigenvalue weighted by Gasteiger charge is 2.31. The van der Waals surface area contributed by atoms with Gasteiger partial charge in [0.05, 0.1) is 36.7 Å². The van der Waals surface area contributed by atoms with Crippen molar-refractivity contribution in [1.29, 1.82) is 0 Å². The first-order chi connectivity index (χ1) is 16.0. The molecule has 2 aromatic rings. The smallest absolute Gasteiger partial charge is 0.248 e. The highest BCUT2D eigenvalue weighted by molar-refractivity contribution is 7.92. The first kappa shape index (κ1) is 25.8. The minimum absolute atomic E-state index is 0.0216. The van der Waals surface area contributed by atoms with Gasteiger partial charge in [-0.1, -0.05) is 0 Å². The normalized spacial score (nSPS) is 15.5. The van der Waals surface area contributed by atoms with Crippen LogP contribution in [-0.2, 0) is 24.8 Å². The van der Waals surface area contributed by atoms with Crippen LogP contribution in [0, 0.1) is 0 Å². The molecule has 1 amide bonds. The fraction of sp³-hybridized carbons (Fsp3) is 0.409. The summed E-state index contributed by atoms with van der Waals surface area (Å²) in [5, 5.41) is 2.63. The predicted octanol–water partition coefficient (Wildman–Crippen LogP) is 2.28. The van der Waals surface area contributed by atoms with Crippen LogP contribution in [0.4, 0.5) is 11.4 Å². The first-order valence-corrected chi connectivity index (χ1v) is 13.9. The largest absolute Gasteiger partial charge is 0.497 e. The standard InChI is InChI=1S/C22H29N3O7S2/c1-16(25(33(4,27)28)17-7-9-18(31-2)10-8-17)22(26)23-20-15-19(11-12-21(20)32-3)34(29,30)24-13-5-6-14-24/h7-12,15-16H,5-6,13-14H2,1-4H3,(H,23,26)/t16-/m1/s1. The Kier molecular flexibility index (Phi) is 7.74. The van der Waals surface area contributed by atoms with Crippen LogP contribution in [0.15, 0.2) is 47.4 Å². The maximum atomic E-state index is 13.1. The summed E-state index contributed by atoms with van der Waals surface area (Å²) in [6, 6.07) is 9.32. The number of benzene rings is 2. The highest BCUT2D eigenvalue weighted by Crippen LogP contribution is 2.31. The number of amides is 1. The van der Waals surface area contributed by atoms with Crippen molar-refractivity contribution in [2.45, 2.75) is 30.7 Å². The van der Waals surface area contributed by atoms with Gasteiger partial charge in [-0.2, -0.15) is 4.31 Å². The molecule has 1 heterocycles. The number of carbonyl (C=O) groups is 1. The van der Waals surface area contributed by atoms with Gasteiger partial charge in [-0.3, -0.25) is 9.10 Å². The van der Waals surface area contributed by atoms with Gasteiger partial charge in [0, 0.05) is 13.1 Å². The van der Waals surface area contributed by atoms with Crippen LogP contribution in [0.2, 0.25) is 0 Å². The summed E-state index contributed by atoms with van der Waals surface area (Å²) in [4.78, 5) is 13.1. The summed E-state index contributed by atoms with van der Waals surface area (Å²) >= 11 is 0. The quantitative estimate of drug-likeness (QED) is 0.548. The van der Waals surface area contributed by atoms with Crippen LogP contribution in [0.25, 0.3) is 0 Å². The molecule has 1 N–H and O–H groups in total. The zero-order chi connectivity index (χ0) is 25.1. The fourth-order valence-electron chi connectivity index (χ4n) is 3.80. The average molecular weight is 512 g/mol. The summed E-state index contributed by atoms with van der Waals surface area (Å²) in [5.41, 5.74) is 0.408. The maximum Gasteiger partial charge on any atom is 0.248 e. The van der Waals surface area contributed by atoms with Crippen LogP contribution in [0.1, 0.15) is 19.8 Å². The van der Waals surface area contributed by atoms with Crippen molar-refractivity contribution >= 4 is 37.3 Å². The predicted molar refractivity (Wildman–Crippen MR) is 129 cm³/mol. The Hall–Kier alpha value is -2.83. The summed E-state index contributed by atoms with van der Waals surface area (Å²) in [6.07, 6.45) is 2.59. The second kappa shape index (κ2) is 10.2. The molecule has 0 radical (unpaired) electrons. The molecular weight excluding hydrogens is 482 g/mol. The number of nitrogens with one attached hydrogen (secondary N) is 1. The minimum atomic E-state index is -3.83. The molecule has 1 atom stereocenters. The summed E-state index contributed by atoms with van der Waals surface area (Å²) in [5.74, 6) is 0.126. The van der Waals surface area contributed by atoms with Gasteiger partial charge in [0.15, 0.2) is 0 Å². The number of carbonyl (C=O) groups excluding carboxylic acids is 1. The van der Waals surface area contributed by atoms with Crippen LogP contribution < -0.4 is 19.1 Å². The van der Waals surface area contributed by atoms with Gasteiger partial charge >= 0.3 is 0 Å². The average Bonchev–Trinajstić information content (AvgIpc) is 3.34. The van der Waals surface area contributed by atoms with E-state index in [4.69, 9.17) is 9.47 Å². The van der Waals surface area contributed by atoms with Gasteiger partial charge in [0.2, 0.25) is 26.0 Å². The lowest BCUT2D eigenvalue weighted by molar-refractivity contribution is -0.116. The molecule has 3 rings (SSSR count). The summed E-state index contributed by atoms with van der Waals surface area (Å²) < 4.78 is 63.8. The maximum absolute atomic E-state index is 13.1. The Morgan fingerprint density at radius 3 is 2.15 bits per heavy atom. The number of nitrogens with zero attached hydrogens (tertiary/aromatic N) is 2. The van der Waals surface area contributed by atoms with E-state index in [2.05, 4.69) is 5.32 Å². The molecule has 1 fully saturated rings. The lowest BCUT2D eigenvalue weighted by Gasteiger charge is -2.28. The Balaban J connectivity index is 1.91. The first-order valence-electron chi connectivity index (χ1n) is 10.6. The Morgan fingerprint density at radius 2 is 1.62 bits per heavy atom. The zero-order valence-corrected chi connectivity index (χ0v) is 21.1. The van der Waals surface area contributed by atoms with E-state index in [1.165, 1.54) is 55.8 Å². The molecule has 0 aliphatic carbocycles. The van der Waals surface area contributed by atoms with E-state index in [-0.39, 0.29) is 22.0 Å². The number of hydrogen-bond acceptors (Lipinski definition) is 7. The van der Waals surface area contributed by atoms with Crippen LogP contribution in [-0.4, -0.2) is 66.7 Å². The van der Waals surface area contributed by atoms with Crippen LogP contribution >= 0.6 is 0 Å². The molecule has 2 aromatic carbocycles. The molecule has 10 nitrogen and oxygen atoms in total. The third-order valence-corrected chi connectivity index (χ3v) is 8.68. The van der Waals surface area contributed by atoms with Crippen molar-refractivity contribution in [2.75, 3.05) is 43.2 Å². The van der Waals surface area contributed by atoms with Gasteiger partial charge in [-0.05, 0) is 62.2 Å². The topological polar surface area (TPSA) is 122 Å². The van der Waals surface area contributed by atoms with E-state index in [0.717, 1.165) is 23.4 Å². The fourth-order valence-corrected chi connectivity index (χ4v) is 6.52. The van der Waals surface area contributed by atoms with Crippen molar-refractivity contribution < 1.29 is 31.1 Å². The van der Waals surface area contributed by atoms with Gasteiger partial charge in [0.1, 0.15) is 17.5 Å². The molecule has 0 bridgehead atoms.